The maximum Gasteiger partial charge on any atom is 0.0948 e. The van der Waals surface area contributed by atoms with Crippen molar-refractivity contribution in [1.29, 1.82) is 0 Å². The van der Waals surface area contributed by atoms with Gasteiger partial charge in [-0.25, -0.2) is 4.98 Å². The summed E-state index contributed by atoms with van der Waals surface area (Å²) in [6, 6.07) is 0. The maximum atomic E-state index is 4.13. The summed E-state index contributed by atoms with van der Waals surface area (Å²) in [4.78, 5) is 6.34. The first-order valence-electron chi connectivity index (χ1n) is 5.58. The zero-order valence-electron chi connectivity index (χ0n) is 10.0. The lowest BCUT2D eigenvalue weighted by Crippen LogP contribution is -2.21. The van der Waals surface area contributed by atoms with Crippen molar-refractivity contribution in [3.05, 3.63) is 18.2 Å². The fourth-order valence-electron chi connectivity index (χ4n) is 1.52. The standard InChI is InChI=1S/C11H22N4/c1-4-15-10-13-9-11(15)8-12-6-5-7-14(2)3/h9-10,12H,4-8H2,1-3H3. The van der Waals surface area contributed by atoms with E-state index in [-0.39, 0.29) is 0 Å². The molecule has 4 heteroatoms. The van der Waals surface area contributed by atoms with Crippen LogP contribution in [-0.4, -0.2) is 41.6 Å². The molecule has 0 amide bonds. The number of imidazole rings is 1. The number of nitrogens with zero attached hydrogens (tertiary/aromatic N) is 3. The summed E-state index contributed by atoms with van der Waals surface area (Å²) >= 11 is 0. The van der Waals surface area contributed by atoms with E-state index in [0.29, 0.717) is 0 Å². The fraction of sp³-hybridized carbons (Fsp3) is 0.727. The minimum Gasteiger partial charge on any atom is -0.334 e. The van der Waals surface area contributed by atoms with Crippen molar-refractivity contribution in [2.24, 2.45) is 0 Å². The van der Waals surface area contributed by atoms with Gasteiger partial charge >= 0.3 is 0 Å². The molecule has 86 valence electrons. The summed E-state index contributed by atoms with van der Waals surface area (Å²) in [5.41, 5.74) is 1.27. The molecule has 0 saturated heterocycles. The van der Waals surface area contributed by atoms with Gasteiger partial charge in [0.2, 0.25) is 0 Å². The van der Waals surface area contributed by atoms with Crippen LogP contribution >= 0.6 is 0 Å². The molecule has 1 rings (SSSR count). The Morgan fingerprint density at radius 2 is 2.27 bits per heavy atom. The van der Waals surface area contributed by atoms with Gasteiger partial charge in [0.15, 0.2) is 0 Å². The number of aromatic nitrogens is 2. The summed E-state index contributed by atoms with van der Waals surface area (Å²) in [6.45, 7) is 6.25. The molecule has 15 heavy (non-hydrogen) atoms. The number of hydrogen-bond donors (Lipinski definition) is 1. The third kappa shape index (κ3) is 4.44. The van der Waals surface area contributed by atoms with Crippen LogP contribution in [0, 0.1) is 0 Å². The summed E-state index contributed by atoms with van der Waals surface area (Å²) in [7, 11) is 4.21. The van der Waals surface area contributed by atoms with Crippen molar-refractivity contribution in [2.45, 2.75) is 26.4 Å². The highest BCUT2D eigenvalue weighted by molar-refractivity contribution is 4.97. The third-order valence-electron chi connectivity index (χ3n) is 2.40. The van der Waals surface area contributed by atoms with E-state index >= 15 is 0 Å². The van der Waals surface area contributed by atoms with Crippen LogP contribution in [0.3, 0.4) is 0 Å². The van der Waals surface area contributed by atoms with Crippen LogP contribution in [-0.2, 0) is 13.1 Å². The quantitative estimate of drug-likeness (QED) is 0.680. The van der Waals surface area contributed by atoms with E-state index in [0.717, 1.165) is 26.2 Å². The van der Waals surface area contributed by atoms with E-state index < -0.39 is 0 Å². The Bertz CT molecular complexity index is 267. The Hall–Kier alpha value is -0.870. The van der Waals surface area contributed by atoms with Gasteiger partial charge in [-0.15, -0.1) is 0 Å². The fourth-order valence-corrected chi connectivity index (χ4v) is 1.52. The molecule has 0 fully saturated rings. The zero-order chi connectivity index (χ0) is 11.1. The summed E-state index contributed by atoms with van der Waals surface area (Å²) < 4.78 is 2.17. The maximum absolute atomic E-state index is 4.13. The average molecular weight is 210 g/mol. The molecule has 0 aromatic carbocycles. The lowest BCUT2D eigenvalue weighted by molar-refractivity contribution is 0.393. The van der Waals surface area contributed by atoms with Crippen molar-refractivity contribution in [3.63, 3.8) is 0 Å². The van der Waals surface area contributed by atoms with E-state index in [9.17, 15) is 0 Å². The van der Waals surface area contributed by atoms with Crippen LogP contribution in [0.4, 0.5) is 0 Å². The predicted molar refractivity (Wildman–Crippen MR) is 62.8 cm³/mol. The molecule has 1 aromatic rings. The smallest absolute Gasteiger partial charge is 0.0948 e. The highest BCUT2D eigenvalue weighted by atomic mass is 15.1. The van der Waals surface area contributed by atoms with Gasteiger partial charge in [0.05, 0.1) is 12.0 Å². The summed E-state index contributed by atoms with van der Waals surface area (Å²) in [5, 5.41) is 3.43. The second-order valence-corrected chi connectivity index (χ2v) is 4.00. The second kappa shape index (κ2) is 6.58. The van der Waals surface area contributed by atoms with Crippen LogP contribution in [0.5, 0.6) is 0 Å². The third-order valence-corrected chi connectivity index (χ3v) is 2.40. The highest BCUT2D eigenvalue weighted by Gasteiger charge is 1.98. The minimum atomic E-state index is 0.918. The van der Waals surface area contributed by atoms with E-state index in [1.54, 1.807) is 0 Å². The molecule has 0 aliphatic rings. The lowest BCUT2D eigenvalue weighted by Gasteiger charge is -2.10. The Labute approximate surface area is 92.3 Å². The van der Waals surface area contributed by atoms with Gasteiger partial charge in [0.1, 0.15) is 0 Å². The average Bonchev–Trinajstić information content (AvgIpc) is 2.64. The Kier molecular flexibility index (Phi) is 5.36. The van der Waals surface area contributed by atoms with Crippen molar-refractivity contribution < 1.29 is 0 Å². The largest absolute Gasteiger partial charge is 0.334 e. The number of aryl methyl sites for hydroxylation is 1. The van der Waals surface area contributed by atoms with Gasteiger partial charge < -0.3 is 14.8 Å². The highest BCUT2D eigenvalue weighted by Crippen LogP contribution is 1.98. The van der Waals surface area contributed by atoms with Gasteiger partial charge in [-0.3, -0.25) is 0 Å². The zero-order valence-corrected chi connectivity index (χ0v) is 10.0. The normalized spacial score (nSPS) is 11.2. The first kappa shape index (κ1) is 12.2. The molecular formula is C11H22N4. The predicted octanol–water partition coefficient (Wildman–Crippen LogP) is 0.944. The van der Waals surface area contributed by atoms with Crippen molar-refractivity contribution in [3.8, 4) is 0 Å². The van der Waals surface area contributed by atoms with Crippen molar-refractivity contribution in [2.75, 3.05) is 27.2 Å². The molecule has 4 nitrogen and oxygen atoms in total. The molecule has 0 bridgehead atoms. The summed E-state index contributed by atoms with van der Waals surface area (Å²) in [6.07, 6.45) is 5.01. The Balaban J connectivity index is 2.15. The number of hydrogen-bond acceptors (Lipinski definition) is 3. The van der Waals surface area contributed by atoms with E-state index in [1.165, 1.54) is 12.1 Å². The monoisotopic (exact) mass is 210 g/mol. The van der Waals surface area contributed by atoms with Crippen LogP contribution in [0.15, 0.2) is 12.5 Å². The van der Waals surface area contributed by atoms with Crippen molar-refractivity contribution >= 4 is 0 Å². The van der Waals surface area contributed by atoms with Crippen LogP contribution in [0.25, 0.3) is 0 Å². The van der Waals surface area contributed by atoms with Gasteiger partial charge in [-0.1, -0.05) is 0 Å². The molecule has 0 radical (unpaired) electrons. The molecule has 1 heterocycles. The molecule has 0 spiro atoms. The van der Waals surface area contributed by atoms with Crippen molar-refractivity contribution in [1.82, 2.24) is 19.8 Å². The van der Waals surface area contributed by atoms with Gasteiger partial charge in [0.25, 0.3) is 0 Å². The SMILES string of the molecule is CCn1cncc1CNCCCN(C)C. The molecular weight excluding hydrogens is 188 g/mol. The van der Waals surface area contributed by atoms with Crippen LogP contribution in [0.2, 0.25) is 0 Å². The molecule has 0 atom stereocenters. The van der Waals surface area contributed by atoms with E-state index in [4.69, 9.17) is 0 Å². The van der Waals surface area contributed by atoms with E-state index in [2.05, 4.69) is 40.8 Å². The summed E-state index contributed by atoms with van der Waals surface area (Å²) in [5.74, 6) is 0. The van der Waals surface area contributed by atoms with Crippen LogP contribution in [0.1, 0.15) is 19.0 Å². The second-order valence-electron chi connectivity index (χ2n) is 4.00. The van der Waals surface area contributed by atoms with Gasteiger partial charge in [0, 0.05) is 19.3 Å². The van der Waals surface area contributed by atoms with Gasteiger partial charge in [-0.2, -0.15) is 0 Å². The molecule has 0 aliphatic heterocycles. The molecule has 0 saturated carbocycles. The van der Waals surface area contributed by atoms with E-state index in [1.807, 2.05) is 12.5 Å². The molecule has 0 unspecified atom stereocenters. The van der Waals surface area contributed by atoms with Crippen LogP contribution < -0.4 is 5.32 Å². The number of rotatable bonds is 7. The molecule has 1 N–H and O–H groups in total. The first-order chi connectivity index (χ1) is 7.24. The Morgan fingerprint density at radius 3 is 2.93 bits per heavy atom. The topological polar surface area (TPSA) is 33.1 Å². The lowest BCUT2D eigenvalue weighted by atomic mass is 10.4. The minimum absolute atomic E-state index is 0.918. The molecule has 0 aliphatic carbocycles. The Morgan fingerprint density at radius 1 is 1.47 bits per heavy atom. The van der Waals surface area contributed by atoms with Gasteiger partial charge in [-0.05, 0) is 40.5 Å². The molecule has 1 aromatic heterocycles. The number of nitrogens with one attached hydrogen (secondary N) is 1. The first-order valence-corrected chi connectivity index (χ1v) is 5.58.